The Morgan fingerprint density at radius 3 is 3.08 bits per heavy atom. The Labute approximate surface area is 75.4 Å². The van der Waals surface area contributed by atoms with E-state index in [0.717, 1.165) is 0 Å². The molecular weight excluding hydrogens is 190 g/mol. The van der Waals surface area contributed by atoms with Gasteiger partial charge in [-0.3, -0.25) is 4.79 Å². The quantitative estimate of drug-likeness (QED) is 0.587. The van der Waals surface area contributed by atoms with Gasteiger partial charge >= 0.3 is 0 Å². The Morgan fingerprint density at radius 1 is 1.54 bits per heavy atom. The minimum atomic E-state index is -2.57. The van der Waals surface area contributed by atoms with E-state index in [1.807, 2.05) is 0 Å². The SMILES string of the molecule is CS1(=O)=NC(=O)Cc2nnccc21. The smallest absolute Gasteiger partial charge is 0.260 e. The lowest BCUT2D eigenvalue weighted by Crippen LogP contribution is -2.16. The average molecular weight is 197 g/mol. The second kappa shape index (κ2) is 2.59. The van der Waals surface area contributed by atoms with Gasteiger partial charge in [0.25, 0.3) is 5.91 Å². The molecule has 0 aliphatic carbocycles. The predicted molar refractivity (Wildman–Crippen MR) is 45.5 cm³/mol. The Balaban J connectivity index is 2.77. The molecule has 0 radical (unpaired) electrons. The van der Waals surface area contributed by atoms with Crippen LogP contribution in [0.3, 0.4) is 0 Å². The molecule has 0 saturated carbocycles. The zero-order chi connectivity index (χ0) is 9.47. The first kappa shape index (κ1) is 8.31. The summed E-state index contributed by atoms with van der Waals surface area (Å²) < 4.78 is 15.4. The fourth-order valence-electron chi connectivity index (χ4n) is 1.24. The summed E-state index contributed by atoms with van der Waals surface area (Å²) in [6.07, 6.45) is 2.99. The topological polar surface area (TPSA) is 72.3 Å². The highest BCUT2D eigenvalue weighted by Gasteiger charge is 2.22. The van der Waals surface area contributed by atoms with E-state index in [9.17, 15) is 9.00 Å². The van der Waals surface area contributed by atoms with Gasteiger partial charge in [0.1, 0.15) is 0 Å². The fourth-order valence-corrected chi connectivity index (χ4v) is 2.65. The van der Waals surface area contributed by atoms with Gasteiger partial charge in [-0.15, -0.1) is 0 Å². The van der Waals surface area contributed by atoms with Crippen LogP contribution in [0.1, 0.15) is 5.69 Å². The molecule has 1 aliphatic heterocycles. The van der Waals surface area contributed by atoms with E-state index in [2.05, 4.69) is 14.6 Å². The van der Waals surface area contributed by atoms with Crippen molar-refractivity contribution in [1.82, 2.24) is 10.2 Å². The van der Waals surface area contributed by atoms with Gasteiger partial charge in [-0.25, -0.2) is 4.21 Å². The van der Waals surface area contributed by atoms with Crippen LogP contribution >= 0.6 is 0 Å². The number of fused-ring (bicyclic) bond motifs is 1. The highest BCUT2D eigenvalue weighted by atomic mass is 32.2. The Bertz CT molecular complexity index is 488. The van der Waals surface area contributed by atoms with Crippen molar-refractivity contribution in [2.45, 2.75) is 11.3 Å². The lowest BCUT2D eigenvalue weighted by atomic mass is 10.3. The van der Waals surface area contributed by atoms with E-state index < -0.39 is 9.73 Å². The molecule has 0 fully saturated rings. The molecule has 1 atom stereocenters. The number of carbonyl (C=O) groups excluding carboxylic acids is 1. The molecule has 1 aromatic rings. The molecule has 1 unspecified atom stereocenters. The van der Waals surface area contributed by atoms with Crippen LogP contribution in [0.2, 0.25) is 0 Å². The predicted octanol–water partition coefficient (Wildman–Crippen LogP) is 0.0160. The van der Waals surface area contributed by atoms with Crippen LogP contribution in [-0.2, 0) is 20.9 Å². The minimum Gasteiger partial charge on any atom is -0.271 e. The summed E-state index contributed by atoms with van der Waals surface area (Å²) in [5, 5.41) is 7.38. The number of hydrogen-bond acceptors (Lipinski definition) is 4. The standard InChI is InChI=1S/C7H7N3O2S/c1-13(12)6-2-3-8-9-5(6)4-7(11)10-13/h2-3H,4H2,1H3. The first-order chi connectivity index (χ1) is 6.09. The van der Waals surface area contributed by atoms with Gasteiger partial charge in [0.05, 0.1) is 32.9 Å². The lowest BCUT2D eigenvalue weighted by molar-refractivity contribution is -0.117. The molecule has 13 heavy (non-hydrogen) atoms. The van der Waals surface area contributed by atoms with Gasteiger partial charge in [0.2, 0.25) is 0 Å². The maximum atomic E-state index is 11.8. The number of hydrogen-bond donors (Lipinski definition) is 0. The maximum Gasteiger partial charge on any atom is 0.260 e. The van der Waals surface area contributed by atoms with E-state index in [4.69, 9.17) is 0 Å². The van der Waals surface area contributed by atoms with Gasteiger partial charge in [-0.2, -0.15) is 14.6 Å². The molecule has 0 bridgehead atoms. The van der Waals surface area contributed by atoms with Crippen molar-refractivity contribution in [1.29, 1.82) is 0 Å². The van der Waals surface area contributed by atoms with Crippen molar-refractivity contribution in [3.05, 3.63) is 18.0 Å². The third-order valence-electron chi connectivity index (χ3n) is 1.76. The van der Waals surface area contributed by atoms with Crippen LogP contribution in [0.15, 0.2) is 21.5 Å². The first-order valence-electron chi connectivity index (χ1n) is 3.65. The van der Waals surface area contributed by atoms with Crippen molar-refractivity contribution in [2.75, 3.05) is 6.26 Å². The normalized spacial score (nSPS) is 26.4. The molecule has 2 heterocycles. The molecule has 68 valence electrons. The summed E-state index contributed by atoms with van der Waals surface area (Å²) >= 11 is 0. The van der Waals surface area contributed by atoms with Gasteiger partial charge < -0.3 is 0 Å². The molecule has 0 saturated heterocycles. The van der Waals surface area contributed by atoms with Crippen LogP contribution in [0.25, 0.3) is 0 Å². The monoisotopic (exact) mass is 197 g/mol. The van der Waals surface area contributed by atoms with E-state index in [1.54, 1.807) is 6.07 Å². The highest BCUT2D eigenvalue weighted by Crippen LogP contribution is 2.19. The number of rotatable bonds is 0. The van der Waals surface area contributed by atoms with Crippen molar-refractivity contribution < 1.29 is 9.00 Å². The van der Waals surface area contributed by atoms with Crippen molar-refractivity contribution >= 4 is 15.6 Å². The zero-order valence-corrected chi connectivity index (χ0v) is 7.74. The van der Waals surface area contributed by atoms with Gasteiger partial charge in [0.15, 0.2) is 0 Å². The number of carbonyl (C=O) groups is 1. The zero-order valence-electron chi connectivity index (χ0n) is 6.93. The molecule has 6 heteroatoms. The summed E-state index contributed by atoms with van der Waals surface area (Å²) in [4.78, 5) is 11.6. The van der Waals surface area contributed by atoms with E-state index in [0.29, 0.717) is 10.6 Å². The molecule has 0 aromatic carbocycles. The molecule has 2 rings (SSSR count). The largest absolute Gasteiger partial charge is 0.271 e. The van der Waals surface area contributed by atoms with Gasteiger partial charge in [-0.05, 0) is 6.07 Å². The van der Waals surface area contributed by atoms with E-state index in [1.165, 1.54) is 12.5 Å². The molecule has 5 nitrogen and oxygen atoms in total. The molecule has 1 aliphatic rings. The summed E-state index contributed by atoms with van der Waals surface area (Å²) in [6.45, 7) is 0. The highest BCUT2D eigenvalue weighted by molar-refractivity contribution is 7.93. The van der Waals surface area contributed by atoms with Crippen LogP contribution < -0.4 is 0 Å². The van der Waals surface area contributed by atoms with Crippen molar-refractivity contribution in [2.24, 2.45) is 4.36 Å². The summed E-state index contributed by atoms with van der Waals surface area (Å²) in [5.41, 5.74) is 0.481. The van der Waals surface area contributed by atoms with E-state index in [-0.39, 0.29) is 12.3 Å². The number of amides is 1. The number of aromatic nitrogens is 2. The average Bonchev–Trinajstić information content (AvgIpc) is 2.02. The molecular formula is C7H7N3O2S. The summed E-state index contributed by atoms with van der Waals surface area (Å²) in [5.74, 6) is -0.388. The Morgan fingerprint density at radius 2 is 2.31 bits per heavy atom. The molecule has 1 aromatic heterocycles. The fraction of sp³-hybridized carbons (Fsp3) is 0.286. The Hall–Kier alpha value is -1.30. The van der Waals surface area contributed by atoms with E-state index >= 15 is 0 Å². The second-order valence-electron chi connectivity index (χ2n) is 2.81. The Kier molecular flexibility index (Phi) is 1.66. The van der Waals surface area contributed by atoms with Crippen molar-refractivity contribution in [3.8, 4) is 0 Å². The molecule has 1 amide bonds. The lowest BCUT2D eigenvalue weighted by Gasteiger charge is -2.11. The maximum absolute atomic E-state index is 11.8. The molecule has 0 N–H and O–H groups in total. The third-order valence-corrected chi connectivity index (χ3v) is 3.50. The van der Waals surface area contributed by atoms with Gasteiger partial charge in [-0.1, -0.05) is 0 Å². The second-order valence-corrected chi connectivity index (χ2v) is 5.03. The summed E-state index contributed by atoms with van der Waals surface area (Å²) in [7, 11) is -2.57. The third kappa shape index (κ3) is 1.33. The van der Waals surface area contributed by atoms with Crippen LogP contribution in [0, 0.1) is 0 Å². The van der Waals surface area contributed by atoms with Crippen LogP contribution in [0.5, 0.6) is 0 Å². The molecule has 0 spiro atoms. The van der Waals surface area contributed by atoms with Crippen LogP contribution in [-0.4, -0.2) is 26.6 Å². The number of nitrogens with zero attached hydrogens (tertiary/aromatic N) is 3. The minimum absolute atomic E-state index is 0.105. The van der Waals surface area contributed by atoms with Gasteiger partial charge in [0, 0.05) is 6.26 Å². The first-order valence-corrected chi connectivity index (χ1v) is 5.57. The van der Waals surface area contributed by atoms with Crippen LogP contribution in [0.4, 0.5) is 0 Å². The summed E-state index contributed by atoms with van der Waals surface area (Å²) in [6, 6.07) is 1.60. The van der Waals surface area contributed by atoms with Crippen molar-refractivity contribution in [3.63, 3.8) is 0 Å².